The molecular weight excluding hydrogens is 318 g/mol. The highest BCUT2D eigenvalue weighted by atomic mass is 79.9. The minimum absolute atomic E-state index is 0.0836. The maximum Gasteiger partial charge on any atom is 0.255 e. The monoisotopic (exact) mass is 333 g/mol. The van der Waals surface area contributed by atoms with Crippen molar-refractivity contribution in [3.8, 4) is 0 Å². The summed E-state index contributed by atoms with van der Waals surface area (Å²) in [6.07, 6.45) is 2.47. The molecule has 0 fully saturated rings. The number of hydrogen-bond acceptors (Lipinski definition) is 3. The third-order valence-electron chi connectivity index (χ3n) is 3.02. The smallest absolute Gasteiger partial charge is 0.255 e. The number of nitrogen functional groups attached to an aromatic ring is 1. The predicted molar refractivity (Wildman–Crippen MR) is 83.5 cm³/mol. The summed E-state index contributed by atoms with van der Waals surface area (Å²) in [6.45, 7) is 0.599. The molecule has 2 aromatic rings. The van der Waals surface area contributed by atoms with Crippen molar-refractivity contribution in [1.82, 2.24) is 9.88 Å². The van der Waals surface area contributed by atoms with Crippen LogP contribution >= 0.6 is 15.9 Å². The number of amides is 1. The molecule has 5 heteroatoms. The summed E-state index contributed by atoms with van der Waals surface area (Å²) in [4.78, 5) is 18.2. The van der Waals surface area contributed by atoms with Gasteiger partial charge in [0.2, 0.25) is 0 Å². The predicted octanol–water partition coefficient (Wildman–Crippen LogP) is 2.74. The van der Waals surface area contributed by atoms with Gasteiger partial charge >= 0.3 is 0 Å². The van der Waals surface area contributed by atoms with Crippen LogP contribution in [-0.4, -0.2) is 29.4 Å². The number of rotatable bonds is 4. The highest BCUT2D eigenvalue weighted by molar-refractivity contribution is 9.10. The molecule has 1 amide bonds. The Morgan fingerprint density at radius 3 is 2.85 bits per heavy atom. The van der Waals surface area contributed by atoms with Crippen molar-refractivity contribution in [2.24, 2.45) is 0 Å². The van der Waals surface area contributed by atoms with Crippen LogP contribution in [0.5, 0.6) is 0 Å². The van der Waals surface area contributed by atoms with Crippen molar-refractivity contribution in [3.63, 3.8) is 0 Å². The van der Waals surface area contributed by atoms with Crippen molar-refractivity contribution < 1.29 is 4.79 Å². The van der Waals surface area contributed by atoms with Gasteiger partial charge in [0, 0.05) is 42.1 Å². The number of aromatic nitrogens is 1. The van der Waals surface area contributed by atoms with E-state index in [1.165, 1.54) is 0 Å². The Bertz CT molecular complexity index is 601. The third-order valence-corrected chi connectivity index (χ3v) is 3.52. The van der Waals surface area contributed by atoms with Crippen LogP contribution in [0.4, 0.5) is 5.69 Å². The molecule has 0 atom stereocenters. The summed E-state index contributed by atoms with van der Waals surface area (Å²) in [7, 11) is 1.77. The fourth-order valence-corrected chi connectivity index (χ4v) is 2.21. The van der Waals surface area contributed by atoms with Gasteiger partial charge in [-0.1, -0.05) is 22.0 Å². The van der Waals surface area contributed by atoms with E-state index in [-0.39, 0.29) is 5.91 Å². The Morgan fingerprint density at radius 2 is 2.15 bits per heavy atom. The van der Waals surface area contributed by atoms with Gasteiger partial charge in [0.1, 0.15) is 0 Å². The van der Waals surface area contributed by atoms with Crippen LogP contribution in [0.3, 0.4) is 0 Å². The zero-order valence-corrected chi connectivity index (χ0v) is 12.8. The molecule has 4 nitrogen and oxygen atoms in total. The van der Waals surface area contributed by atoms with Crippen molar-refractivity contribution in [2.75, 3.05) is 19.3 Å². The van der Waals surface area contributed by atoms with Gasteiger partial charge < -0.3 is 10.6 Å². The summed E-state index contributed by atoms with van der Waals surface area (Å²) in [5, 5.41) is 0. The number of carbonyl (C=O) groups is 1. The largest absolute Gasteiger partial charge is 0.398 e. The molecule has 0 radical (unpaired) electrons. The lowest BCUT2D eigenvalue weighted by Gasteiger charge is -2.18. The van der Waals surface area contributed by atoms with Gasteiger partial charge in [-0.05, 0) is 30.3 Å². The van der Waals surface area contributed by atoms with Crippen LogP contribution in [0.1, 0.15) is 16.1 Å². The number of halogens is 1. The van der Waals surface area contributed by atoms with Crippen LogP contribution in [0.25, 0.3) is 0 Å². The summed E-state index contributed by atoms with van der Waals surface area (Å²) in [6, 6.07) is 11.1. The Hall–Kier alpha value is -1.88. The molecule has 104 valence electrons. The Kier molecular flexibility index (Phi) is 4.74. The SMILES string of the molecule is CN(CCc1ccccn1)C(=O)c1cc(Br)ccc1N. The second-order valence-corrected chi connectivity index (χ2v) is 5.45. The number of anilines is 1. The van der Waals surface area contributed by atoms with Gasteiger partial charge in [-0.2, -0.15) is 0 Å². The molecular formula is C15H16BrN3O. The normalized spacial score (nSPS) is 10.3. The first-order valence-electron chi connectivity index (χ1n) is 6.28. The first-order valence-corrected chi connectivity index (χ1v) is 7.07. The first-order chi connectivity index (χ1) is 9.58. The van der Waals surface area contributed by atoms with E-state index < -0.39 is 0 Å². The van der Waals surface area contributed by atoms with Gasteiger partial charge in [0.25, 0.3) is 5.91 Å². The first kappa shape index (κ1) is 14.5. The molecule has 1 aromatic carbocycles. The second kappa shape index (κ2) is 6.52. The molecule has 0 spiro atoms. The summed E-state index contributed by atoms with van der Waals surface area (Å²) < 4.78 is 0.841. The van der Waals surface area contributed by atoms with Crippen LogP contribution in [-0.2, 0) is 6.42 Å². The molecule has 0 aliphatic carbocycles. The van der Waals surface area contributed by atoms with E-state index in [2.05, 4.69) is 20.9 Å². The summed E-state index contributed by atoms with van der Waals surface area (Å²) in [5.74, 6) is -0.0836. The van der Waals surface area contributed by atoms with E-state index in [4.69, 9.17) is 5.73 Å². The quantitative estimate of drug-likeness (QED) is 0.875. The molecule has 0 saturated heterocycles. The van der Waals surface area contributed by atoms with Crippen molar-refractivity contribution in [2.45, 2.75) is 6.42 Å². The maximum atomic E-state index is 12.3. The number of likely N-dealkylation sites (N-methyl/N-ethyl adjacent to an activating group) is 1. The van der Waals surface area contributed by atoms with Gasteiger partial charge in [0.05, 0.1) is 5.56 Å². The molecule has 2 rings (SSSR count). The molecule has 0 saturated carbocycles. The van der Waals surface area contributed by atoms with E-state index in [1.54, 1.807) is 30.3 Å². The zero-order chi connectivity index (χ0) is 14.5. The van der Waals surface area contributed by atoms with Crippen LogP contribution in [0.15, 0.2) is 47.1 Å². The van der Waals surface area contributed by atoms with Crippen molar-refractivity contribution in [3.05, 3.63) is 58.3 Å². The maximum absolute atomic E-state index is 12.3. The lowest BCUT2D eigenvalue weighted by atomic mass is 10.1. The molecule has 0 bridgehead atoms. The zero-order valence-electron chi connectivity index (χ0n) is 11.2. The minimum Gasteiger partial charge on any atom is -0.398 e. The van der Waals surface area contributed by atoms with Gasteiger partial charge in [-0.25, -0.2) is 0 Å². The molecule has 2 N–H and O–H groups in total. The fourth-order valence-electron chi connectivity index (χ4n) is 1.85. The molecule has 0 aliphatic heterocycles. The highest BCUT2D eigenvalue weighted by Crippen LogP contribution is 2.19. The molecule has 0 unspecified atom stereocenters. The van der Waals surface area contributed by atoms with Crippen LogP contribution < -0.4 is 5.73 Å². The average molecular weight is 334 g/mol. The Labute approximate surface area is 126 Å². The lowest BCUT2D eigenvalue weighted by Crippen LogP contribution is -2.29. The standard InChI is InChI=1S/C15H16BrN3O/c1-19(9-7-12-4-2-3-8-18-12)15(20)13-10-11(16)5-6-14(13)17/h2-6,8,10H,7,9,17H2,1H3. The fraction of sp³-hybridized carbons (Fsp3) is 0.200. The van der Waals surface area contributed by atoms with E-state index in [0.29, 0.717) is 17.8 Å². The number of nitrogens with zero attached hydrogens (tertiary/aromatic N) is 2. The van der Waals surface area contributed by atoms with Gasteiger partial charge in [-0.3, -0.25) is 9.78 Å². The van der Waals surface area contributed by atoms with E-state index in [9.17, 15) is 4.79 Å². The van der Waals surface area contributed by atoms with Crippen molar-refractivity contribution >= 4 is 27.5 Å². The Balaban J connectivity index is 2.03. The van der Waals surface area contributed by atoms with E-state index >= 15 is 0 Å². The van der Waals surface area contributed by atoms with E-state index in [0.717, 1.165) is 16.6 Å². The molecule has 20 heavy (non-hydrogen) atoms. The molecule has 0 aliphatic rings. The minimum atomic E-state index is -0.0836. The summed E-state index contributed by atoms with van der Waals surface area (Å²) >= 11 is 3.35. The second-order valence-electron chi connectivity index (χ2n) is 4.53. The average Bonchev–Trinajstić information content (AvgIpc) is 2.47. The highest BCUT2D eigenvalue weighted by Gasteiger charge is 2.15. The number of pyridine rings is 1. The number of hydrogen-bond donors (Lipinski definition) is 1. The van der Waals surface area contributed by atoms with Gasteiger partial charge in [0.15, 0.2) is 0 Å². The molecule has 1 heterocycles. The summed E-state index contributed by atoms with van der Waals surface area (Å²) in [5.41, 5.74) is 7.83. The Morgan fingerprint density at radius 1 is 1.35 bits per heavy atom. The molecule has 1 aromatic heterocycles. The van der Waals surface area contributed by atoms with Crippen LogP contribution in [0.2, 0.25) is 0 Å². The lowest BCUT2D eigenvalue weighted by molar-refractivity contribution is 0.0797. The van der Waals surface area contributed by atoms with Crippen molar-refractivity contribution in [1.29, 1.82) is 0 Å². The number of nitrogens with two attached hydrogens (primary N) is 1. The van der Waals surface area contributed by atoms with Crippen LogP contribution in [0, 0.1) is 0 Å². The number of carbonyl (C=O) groups excluding carboxylic acids is 1. The van der Waals surface area contributed by atoms with Gasteiger partial charge in [-0.15, -0.1) is 0 Å². The number of benzene rings is 1. The topological polar surface area (TPSA) is 59.2 Å². The third kappa shape index (κ3) is 3.57. The van der Waals surface area contributed by atoms with E-state index in [1.807, 2.05) is 24.3 Å².